The quantitative estimate of drug-likeness (QED) is 0.921. The second-order valence-electron chi connectivity index (χ2n) is 4.78. The number of carbonyl (C=O) groups excluding carboxylic acids is 2. The number of Topliss-reactive ketones (excluding diaryl/α,β-unsaturated/α-hetero) is 1. The van der Waals surface area contributed by atoms with Crippen LogP contribution in [0.1, 0.15) is 21.5 Å². The van der Waals surface area contributed by atoms with E-state index in [2.05, 4.69) is 0 Å². The fraction of sp³-hybridized carbons (Fsp3) is 0.125. The van der Waals surface area contributed by atoms with Crippen LogP contribution >= 0.6 is 11.8 Å². The first-order chi connectivity index (χ1) is 9.63. The molecule has 0 unspecified atom stereocenters. The van der Waals surface area contributed by atoms with Crippen LogP contribution in [0.5, 0.6) is 0 Å². The Labute approximate surface area is 121 Å². The summed E-state index contributed by atoms with van der Waals surface area (Å²) in [6, 6.07) is 13.5. The molecule has 20 heavy (non-hydrogen) atoms. The van der Waals surface area contributed by atoms with E-state index in [4.69, 9.17) is 5.73 Å². The van der Waals surface area contributed by atoms with Crippen molar-refractivity contribution in [2.75, 3.05) is 0 Å². The van der Waals surface area contributed by atoms with Crippen LogP contribution in [-0.2, 0) is 17.6 Å². The molecule has 2 aromatic carbocycles. The molecule has 0 aromatic heterocycles. The highest BCUT2D eigenvalue weighted by molar-refractivity contribution is 7.99. The first-order valence-corrected chi connectivity index (χ1v) is 7.15. The van der Waals surface area contributed by atoms with Crippen molar-refractivity contribution in [3.8, 4) is 0 Å². The number of ketones is 1. The topological polar surface area (TPSA) is 60.2 Å². The molecule has 1 aliphatic rings. The molecule has 4 heteroatoms. The Morgan fingerprint density at radius 1 is 1.15 bits per heavy atom. The third-order valence-corrected chi connectivity index (χ3v) is 4.46. The van der Waals surface area contributed by atoms with Crippen LogP contribution in [-0.4, -0.2) is 11.7 Å². The summed E-state index contributed by atoms with van der Waals surface area (Å²) in [5.41, 5.74) is 7.73. The molecular formula is C16H13NO2S. The van der Waals surface area contributed by atoms with E-state index in [-0.39, 0.29) is 18.1 Å². The minimum atomic E-state index is -0.387. The largest absolute Gasteiger partial charge is 0.369 e. The first kappa shape index (κ1) is 12.9. The minimum absolute atomic E-state index is 0.0868. The molecule has 0 aliphatic carbocycles. The van der Waals surface area contributed by atoms with E-state index < -0.39 is 0 Å². The number of fused-ring (bicyclic) bond motifs is 2. The summed E-state index contributed by atoms with van der Waals surface area (Å²) in [5, 5.41) is 0. The standard InChI is InChI=1S/C16H13NO2S/c17-16(19)8-10-5-6-15-12(7-10)13(18)9-11-3-1-2-4-14(11)20-15/h1-7H,8-9H2,(H2,17,19). The maximum absolute atomic E-state index is 12.4. The zero-order valence-corrected chi connectivity index (χ0v) is 11.6. The number of rotatable bonds is 2. The monoisotopic (exact) mass is 283 g/mol. The molecule has 3 nitrogen and oxygen atoms in total. The van der Waals surface area contributed by atoms with Crippen LogP contribution in [0, 0.1) is 0 Å². The predicted molar refractivity (Wildman–Crippen MR) is 77.9 cm³/mol. The zero-order chi connectivity index (χ0) is 14.1. The number of nitrogens with two attached hydrogens (primary N) is 1. The Balaban J connectivity index is 2.04. The van der Waals surface area contributed by atoms with Gasteiger partial charge in [-0.1, -0.05) is 36.0 Å². The van der Waals surface area contributed by atoms with Crippen molar-refractivity contribution >= 4 is 23.5 Å². The van der Waals surface area contributed by atoms with Gasteiger partial charge in [-0.2, -0.15) is 0 Å². The molecule has 0 fully saturated rings. The van der Waals surface area contributed by atoms with Gasteiger partial charge in [-0.25, -0.2) is 0 Å². The van der Waals surface area contributed by atoms with Crippen LogP contribution in [0.15, 0.2) is 52.3 Å². The van der Waals surface area contributed by atoms with Gasteiger partial charge in [-0.3, -0.25) is 9.59 Å². The third kappa shape index (κ3) is 2.47. The van der Waals surface area contributed by atoms with Crippen LogP contribution in [0.4, 0.5) is 0 Å². The number of carbonyl (C=O) groups is 2. The fourth-order valence-corrected chi connectivity index (χ4v) is 3.40. The third-order valence-electron chi connectivity index (χ3n) is 3.27. The fourth-order valence-electron chi connectivity index (χ4n) is 2.33. The molecule has 0 saturated heterocycles. The normalized spacial score (nSPS) is 13.3. The number of primary amides is 1. The lowest BCUT2D eigenvalue weighted by atomic mass is 10.0. The van der Waals surface area contributed by atoms with E-state index in [1.807, 2.05) is 36.4 Å². The van der Waals surface area contributed by atoms with Gasteiger partial charge in [0.25, 0.3) is 0 Å². The molecule has 2 aromatic rings. The molecule has 0 atom stereocenters. The maximum atomic E-state index is 12.4. The predicted octanol–water partition coefficient (Wildman–Crippen LogP) is 2.60. The second-order valence-corrected chi connectivity index (χ2v) is 5.87. The van der Waals surface area contributed by atoms with E-state index in [9.17, 15) is 9.59 Å². The van der Waals surface area contributed by atoms with E-state index in [0.717, 1.165) is 20.9 Å². The number of hydrogen-bond acceptors (Lipinski definition) is 3. The van der Waals surface area contributed by atoms with Crippen LogP contribution < -0.4 is 5.73 Å². The first-order valence-electron chi connectivity index (χ1n) is 6.33. The summed E-state index contributed by atoms with van der Waals surface area (Å²) in [7, 11) is 0. The molecule has 1 heterocycles. The van der Waals surface area contributed by atoms with Crippen molar-refractivity contribution in [1.29, 1.82) is 0 Å². The molecule has 0 bridgehead atoms. The molecule has 1 amide bonds. The molecule has 0 saturated carbocycles. The van der Waals surface area contributed by atoms with Gasteiger partial charge in [0.2, 0.25) is 5.91 Å². The van der Waals surface area contributed by atoms with E-state index in [1.54, 1.807) is 17.8 Å². The Bertz CT molecular complexity index is 709. The number of amides is 1. The Morgan fingerprint density at radius 3 is 2.75 bits per heavy atom. The summed E-state index contributed by atoms with van der Waals surface area (Å²) < 4.78 is 0. The van der Waals surface area contributed by atoms with Crippen LogP contribution in [0.3, 0.4) is 0 Å². The molecular weight excluding hydrogens is 270 g/mol. The van der Waals surface area contributed by atoms with Crippen molar-refractivity contribution < 1.29 is 9.59 Å². The molecule has 3 rings (SSSR count). The van der Waals surface area contributed by atoms with Gasteiger partial charge in [0, 0.05) is 21.8 Å². The summed E-state index contributed by atoms with van der Waals surface area (Å²) in [5.74, 6) is -0.300. The Hall–Kier alpha value is -2.07. The van der Waals surface area contributed by atoms with E-state index in [1.165, 1.54) is 0 Å². The Kier molecular flexibility index (Phi) is 3.32. The lowest BCUT2D eigenvalue weighted by Crippen LogP contribution is -2.14. The van der Waals surface area contributed by atoms with Gasteiger partial charge in [0.05, 0.1) is 6.42 Å². The minimum Gasteiger partial charge on any atom is -0.369 e. The summed E-state index contributed by atoms with van der Waals surface area (Å²) in [6.07, 6.45) is 0.564. The number of hydrogen-bond donors (Lipinski definition) is 1. The summed E-state index contributed by atoms with van der Waals surface area (Å²) >= 11 is 1.60. The lowest BCUT2D eigenvalue weighted by molar-refractivity contribution is -0.117. The van der Waals surface area contributed by atoms with Gasteiger partial charge in [0.15, 0.2) is 5.78 Å². The average molecular weight is 283 g/mol. The smallest absolute Gasteiger partial charge is 0.221 e. The van der Waals surface area contributed by atoms with Gasteiger partial charge in [-0.15, -0.1) is 0 Å². The van der Waals surface area contributed by atoms with Crippen molar-refractivity contribution in [2.24, 2.45) is 5.73 Å². The highest BCUT2D eigenvalue weighted by atomic mass is 32.2. The molecule has 0 radical (unpaired) electrons. The van der Waals surface area contributed by atoms with Crippen molar-refractivity contribution in [3.05, 3.63) is 59.2 Å². The summed E-state index contributed by atoms with van der Waals surface area (Å²) in [6.45, 7) is 0. The van der Waals surface area contributed by atoms with Crippen molar-refractivity contribution in [3.63, 3.8) is 0 Å². The molecule has 0 spiro atoms. The molecule has 1 aliphatic heterocycles. The average Bonchev–Trinajstić information content (AvgIpc) is 2.54. The molecule has 2 N–H and O–H groups in total. The van der Waals surface area contributed by atoms with Gasteiger partial charge in [0.1, 0.15) is 0 Å². The van der Waals surface area contributed by atoms with Gasteiger partial charge in [-0.05, 0) is 29.3 Å². The van der Waals surface area contributed by atoms with Crippen LogP contribution in [0.2, 0.25) is 0 Å². The van der Waals surface area contributed by atoms with Crippen molar-refractivity contribution in [2.45, 2.75) is 22.6 Å². The number of benzene rings is 2. The van der Waals surface area contributed by atoms with Crippen LogP contribution in [0.25, 0.3) is 0 Å². The van der Waals surface area contributed by atoms with Crippen molar-refractivity contribution in [1.82, 2.24) is 0 Å². The lowest BCUT2D eigenvalue weighted by Gasteiger charge is -2.06. The molecule has 100 valence electrons. The maximum Gasteiger partial charge on any atom is 0.221 e. The van der Waals surface area contributed by atoms with E-state index >= 15 is 0 Å². The SMILES string of the molecule is NC(=O)Cc1ccc2c(c1)C(=O)Cc1ccccc1S2. The highest BCUT2D eigenvalue weighted by Gasteiger charge is 2.20. The summed E-state index contributed by atoms with van der Waals surface area (Å²) in [4.78, 5) is 25.4. The van der Waals surface area contributed by atoms with Gasteiger partial charge < -0.3 is 5.73 Å². The second kappa shape index (κ2) is 5.13. The Morgan fingerprint density at radius 2 is 1.95 bits per heavy atom. The van der Waals surface area contributed by atoms with Gasteiger partial charge >= 0.3 is 0 Å². The highest BCUT2D eigenvalue weighted by Crippen LogP contribution is 2.37. The van der Waals surface area contributed by atoms with E-state index in [0.29, 0.717) is 12.0 Å². The zero-order valence-electron chi connectivity index (χ0n) is 10.8.